The summed E-state index contributed by atoms with van der Waals surface area (Å²) in [6, 6.07) is 4.22. The van der Waals surface area contributed by atoms with E-state index in [1.54, 1.807) is 14.2 Å². The van der Waals surface area contributed by atoms with Crippen LogP contribution < -0.4 is 20.5 Å². The van der Waals surface area contributed by atoms with Crippen LogP contribution in [-0.4, -0.2) is 33.4 Å². The third kappa shape index (κ3) is 3.89. The highest BCUT2D eigenvalue weighted by molar-refractivity contribution is 5.49. The van der Waals surface area contributed by atoms with E-state index in [0.717, 1.165) is 36.6 Å². The van der Waals surface area contributed by atoms with E-state index in [2.05, 4.69) is 11.4 Å². The summed E-state index contributed by atoms with van der Waals surface area (Å²) in [7, 11) is 3.37. The Bertz CT molecular complexity index is 378. The maximum Gasteiger partial charge on any atom is 0.128 e. The molecule has 0 saturated heterocycles. The van der Waals surface area contributed by atoms with Crippen molar-refractivity contribution >= 4 is 0 Å². The first kappa shape index (κ1) is 14.8. The maximum absolute atomic E-state index is 5.69. The molecular formula is C14H24N2O2. The first-order valence-electron chi connectivity index (χ1n) is 6.27. The maximum atomic E-state index is 5.69. The lowest BCUT2D eigenvalue weighted by Gasteiger charge is -2.15. The summed E-state index contributed by atoms with van der Waals surface area (Å²) in [5.74, 6) is 1.77. The monoisotopic (exact) mass is 252 g/mol. The number of nitrogens with two attached hydrogens (primary N) is 1. The molecule has 0 bridgehead atoms. The molecule has 0 aliphatic rings. The van der Waals surface area contributed by atoms with Crippen molar-refractivity contribution in [2.24, 2.45) is 5.73 Å². The Morgan fingerprint density at radius 2 is 2.00 bits per heavy atom. The number of benzene rings is 1. The van der Waals surface area contributed by atoms with Gasteiger partial charge >= 0.3 is 0 Å². The molecule has 18 heavy (non-hydrogen) atoms. The molecule has 1 atom stereocenters. The third-order valence-corrected chi connectivity index (χ3v) is 2.90. The zero-order chi connectivity index (χ0) is 13.5. The van der Waals surface area contributed by atoms with Crippen molar-refractivity contribution in [2.75, 3.05) is 27.3 Å². The lowest BCUT2D eigenvalue weighted by atomic mass is 10.1. The van der Waals surface area contributed by atoms with Crippen LogP contribution in [-0.2, 0) is 6.42 Å². The third-order valence-electron chi connectivity index (χ3n) is 2.90. The molecule has 3 N–H and O–H groups in total. The van der Waals surface area contributed by atoms with Crippen LogP contribution in [0.4, 0.5) is 0 Å². The van der Waals surface area contributed by atoms with E-state index in [1.807, 2.05) is 19.9 Å². The van der Waals surface area contributed by atoms with Crippen molar-refractivity contribution < 1.29 is 9.47 Å². The van der Waals surface area contributed by atoms with Gasteiger partial charge in [0, 0.05) is 18.2 Å². The SMILES string of the molecule is COc1ccc(CCNCC(C)N)c(OC)c1C. The first-order valence-corrected chi connectivity index (χ1v) is 6.27. The highest BCUT2D eigenvalue weighted by Gasteiger charge is 2.10. The van der Waals surface area contributed by atoms with Crippen LogP contribution in [0, 0.1) is 6.92 Å². The fourth-order valence-electron chi connectivity index (χ4n) is 1.98. The van der Waals surface area contributed by atoms with Crippen LogP contribution in [0.15, 0.2) is 12.1 Å². The van der Waals surface area contributed by atoms with E-state index in [9.17, 15) is 0 Å². The van der Waals surface area contributed by atoms with Crippen LogP contribution in [0.1, 0.15) is 18.1 Å². The van der Waals surface area contributed by atoms with Gasteiger partial charge in [-0.15, -0.1) is 0 Å². The van der Waals surface area contributed by atoms with Gasteiger partial charge < -0.3 is 20.5 Å². The Morgan fingerprint density at radius 1 is 1.28 bits per heavy atom. The van der Waals surface area contributed by atoms with Crippen LogP contribution in [0.2, 0.25) is 0 Å². The minimum atomic E-state index is 0.185. The molecule has 4 heteroatoms. The van der Waals surface area contributed by atoms with Gasteiger partial charge in [-0.1, -0.05) is 6.07 Å². The molecule has 0 heterocycles. The molecule has 0 fully saturated rings. The summed E-state index contributed by atoms with van der Waals surface area (Å²) in [6.45, 7) is 5.72. The van der Waals surface area contributed by atoms with Gasteiger partial charge in [-0.2, -0.15) is 0 Å². The number of hydrogen-bond donors (Lipinski definition) is 2. The highest BCUT2D eigenvalue weighted by Crippen LogP contribution is 2.31. The largest absolute Gasteiger partial charge is 0.496 e. The lowest BCUT2D eigenvalue weighted by Crippen LogP contribution is -2.32. The quantitative estimate of drug-likeness (QED) is 0.722. The predicted molar refractivity (Wildman–Crippen MR) is 74.5 cm³/mol. The molecule has 0 aromatic heterocycles. The van der Waals surface area contributed by atoms with Crippen LogP contribution in [0.3, 0.4) is 0 Å². The summed E-state index contributed by atoms with van der Waals surface area (Å²) in [4.78, 5) is 0. The van der Waals surface area contributed by atoms with Gasteiger partial charge in [0.15, 0.2) is 0 Å². The van der Waals surface area contributed by atoms with Gasteiger partial charge in [0.25, 0.3) is 0 Å². The summed E-state index contributed by atoms with van der Waals surface area (Å²) >= 11 is 0. The van der Waals surface area contributed by atoms with E-state index in [1.165, 1.54) is 5.56 Å². The first-order chi connectivity index (χ1) is 8.60. The topological polar surface area (TPSA) is 56.5 Å². The summed E-state index contributed by atoms with van der Waals surface area (Å²) in [5.41, 5.74) is 7.92. The molecule has 0 spiro atoms. The number of hydrogen-bond acceptors (Lipinski definition) is 4. The van der Waals surface area contributed by atoms with Crippen molar-refractivity contribution in [1.29, 1.82) is 0 Å². The molecule has 1 aromatic carbocycles. The van der Waals surface area contributed by atoms with Crippen LogP contribution in [0.25, 0.3) is 0 Å². The zero-order valence-corrected chi connectivity index (χ0v) is 11.7. The molecule has 102 valence electrons. The standard InChI is InChI=1S/C14H24N2O2/c1-10(15)9-16-8-7-12-5-6-13(17-3)11(2)14(12)18-4/h5-6,10,16H,7-9,15H2,1-4H3. The number of rotatable bonds is 7. The lowest BCUT2D eigenvalue weighted by molar-refractivity contribution is 0.385. The van der Waals surface area contributed by atoms with Gasteiger partial charge in [-0.3, -0.25) is 0 Å². The molecule has 0 aliphatic carbocycles. The fourth-order valence-corrected chi connectivity index (χ4v) is 1.98. The minimum absolute atomic E-state index is 0.185. The van der Waals surface area contributed by atoms with Gasteiger partial charge in [0.1, 0.15) is 11.5 Å². The molecule has 0 radical (unpaired) electrons. The summed E-state index contributed by atoms with van der Waals surface area (Å²) in [5, 5.41) is 3.32. The number of nitrogens with one attached hydrogen (secondary N) is 1. The summed E-state index contributed by atoms with van der Waals surface area (Å²) in [6.07, 6.45) is 0.917. The van der Waals surface area contributed by atoms with Crippen molar-refractivity contribution in [3.05, 3.63) is 23.3 Å². The zero-order valence-electron chi connectivity index (χ0n) is 11.7. The molecular weight excluding hydrogens is 228 g/mol. The van der Waals surface area contributed by atoms with Gasteiger partial charge in [-0.25, -0.2) is 0 Å². The average molecular weight is 252 g/mol. The van der Waals surface area contributed by atoms with E-state index in [-0.39, 0.29) is 6.04 Å². The second-order valence-electron chi connectivity index (χ2n) is 4.52. The second kappa shape index (κ2) is 7.24. The Hall–Kier alpha value is -1.26. The predicted octanol–water partition coefficient (Wildman–Crippen LogP) is 1.49. The van der Waals surface area contributed by atoms with Crippen molar-refractivity contribution in [3.63, 3.8) is 0 Å². The molecule has 1 rings (SSSR count). The Morgan fingerprint density at radius 3 is 2.56 bits per heavy atom. The van der Waals surface area contributed by atoms with Gasteiger partial charge in [0.2, 0.25) is 0 Å². The molecule has 0 saturated carbocycles. The molecule has 4 nitrogen and oxygen atoms in total. The molecule has 1 unspecified atom stereocenters. The van der Waals surface area contributed by atoms with Crippen molar-refractivity contribution in [3.8, 4) is 11.5 Å². The molecule has 0 aliphatic heterocycles. The Balaban J connectivity index is 2.68. The van der Waals surface area contributed by atoms with E-state index >= 15 is 0 Å². The highest BCUT2D eigenvalue weighted by atomic mass is 16.5. The van der Waals surface area contributed by atoms with E-state index in [4.69, 9.17) is 15.2 Å². The number of ether oxygens (including phenoxy) is 2. The normalized spacial score (nSPS) is 12.3. The van der Waals surface area contributed by atoms with Gasteiger partial charge in [0.05, 0.1) is 14.2 Å². The van der Waals surface area contributed by atoms with E-state index < -0.39 is 0 Å². The molecule has 1 aromatic rings. The molecule has 0 amide bonds. The fraction of sp³-hybridized carbons (Fsp3) is 0.571. The van der Waals surface area contributed by atoms with Gasteiger partial charge in [-0.05, 0) is 38.4 Å². The number of methoxy groups -OCH3 is 2. The average Bonchev–Trinajstić information content (AvgIpc) is 2.34. The van der Waals surface area contributed by atoms with Crippen LogP contribution in [0.5, 0.6) is 11.5 Å². The summed E-state index contributed by atoms with van der Waals surface area (Å²) < 4.78 is 10.8. The van der Waals surface area contributed by atoms with Crippen LogP contribution >= 0.6 is 0 Å². The second-order valence-corrected chi connectivity index (χ2v) is 4.52. The van der Waals surface area contributed by atoms with Crippen molar-refractivity contribution in [1.82, 2.24) is 5.32 Å². The van der Waals surface area contributed by atoms with E-state index in [0.29, 0.717) is 0 Å². The smallest absolute Gasteiger partial charge is 0.128 e. The Kier molecular flexibility index (Phi) is 5.95. The van der Waals surface area contributed by atoms with Crippen molar-refractivity contribution in [2.45, 2.75) is 26.3 Å². The Labute approximate surface area is 109 Å². The minimum Gasteiger partial charge on any atom is -0.496 e.